The molecule has 1 amide bonds. The predicted molar refractivity (Wildman–Crippen MR) is 111 cm³/mol. The van der Waals surface area contributed by atoms with Gasteiger partial charge in [0.25, 0.3) is 0 Å². The molecule has 2 N–H and O–H groups in total. The molecule has 142 valence electrons. The highest BCUT2D eigenvalue weighted by Crippen LogP contribution is 2.31. The number of aryl methyl sites for hydroxylation is 2. The molecule has 2 aromatic carbocycles. The van der Waals surface area contributed by atoms with Gasteiger partial charge >= 0.3 is 0 Å². The lowest BCUT2D eigenvalue weighted by Gasteiger charge is -2.07. The van der Waals surface area contributed by atoms with Crippen LogP contribution in [-0.2, 0) is 17.8 Å². The summed E-state index contributed by atoms with van der Waals surface area (Å²) in [4.78, 5) is 21.0. The molecule has 4 aromatic rings. The van der Waals surface area contributed by atoms with Crippen molar-refractivity contribution in [3.05, 3.63) is 76.0 Å². The molecule has 28 heavy (non-hydrogen) atoms. The molecule has 0 aliphatic carbocycles. The molecule has 0 atom stereocenters. The Balaban J connectivity index is 1.53. The van der Waals surface area contributed by atoms with Crippen LogP contribution in [0.5, 0.6) is 0 Å². The van der Waals surface area contributed by atoms with Crippen molar-refractivity contribution in [1.82, 2.24) is 15.3 Å². The fourth-order valence-corrected chi connectivity index (χ4v) is 4.06. The van der Waals surface area contributed by atoms with E-state index in [1.54, 1.807) is 29.7 Å². The average Bonchev–Trinajstić information content (AvgIpc) is 3.28. The third kappa shape index (κ3) is 3.97. The van der Waals surface area contributed by atoms with Crippen molar-refractivity contribution in [1.29, 1.82) is 0 Å². The first-order valence-corrected chi connectivity index (χ1v) is 9.95. The summed E-state index contributed by atoms with van der Waals surface area (Å²) in [6, 6.07) is 14.4. The number of benzene rings is 2. The van der Waals surface area contributed by atoms with Crippen LogP contribution < -0.4 is 5.32 Å². The molecule has 2 heterocycles. The Kier molecular flexibility index (Phi) is 5.21. The van der Waals surface area contributed by atoms with Gasteiger partial charge in [-0.1, -0.05) is 18.2 Å². The summed E-state index contributed by atoms with van der Waals surface area (Å²) < 4.78 is 13.3. The Bertz CT molecular complexity index is 1110. The number of aromatic nitrogens is 2. The van der Waals surface area contributed by atoms with Crippen LogP contribution in [0.25, 0.3) is 22.2 Å². The summed E-state index contributed by atoms with van der Waals surface area (Å²) in [6.45, 7) is 2.45. The number of H-pyrrole nitrogens is 1. The van der Waals surface area contributed by atoms with Gasteiger partial charge in [0.2, 0.25) is 5.91 Å². The van der Waals surface area contributed by atoms with E-state index >= 15 is 0 Å². The number of aromatic amines is 1. The molecule has 0 saturated carbocycles. The Hall–Kier alpha value is -2.99. The van der Waals surface area contributed by atoms with Gasteiger partial charge in [-0.15, -0.1) is 11.3 Å². The molecule has 0 aliphatic rings. The molecular weight excluding hydrogens is 373 g/mol. The maximum atomic E-state index is 13.3. The van der Waals surface area contributed by atoms with Crippen molar-refractivity contribution in [3.8, 4) is 11.3 Å². The van der Waals surface area contributed by atoms with Gasteiger partial charge < -0.3 is 10.3 Å². The number of carbonyl (C=O) groups excluding carboxylic acids is 1. The summed E-state index contributed by atoms with van der Waals surface area (Å²) in [7, 11) is 0. The SMILES string of the molecule is Cc1ncc(CNC(=O)CCc2c(-c3ccc(F)cc3)[nH]c3ccccc23)s1. The van der Waals surface area contributed by atoms with Gasteiger partial charge in [0.05, 0.1) is 11.6 Å². The largest absolute Gasteiger partial charge is 0.354 e. The molecule has 4 nitrogen and oxygen atoms in total. The van der Waals surface area contributed by atoms with Crippen molar-refractivity contribution in [2.75, 3.05) is 0 Å². The van der Waals surface area contributed by atoms with E-state index in [4.69, 9.17) is 0 Å². The lowest BCUT2D eigenvalue weighted by Crippen LogP contribution is -2.22. The van der Waals surface area contributed by atoms with Crippen LogP contribution in [0.3, 0.4) is 0 Å². The number of hydrogen-bond donors (Lipinski definition) is 2. The minimum Gasteiger partial charge on any atom is -0.354 e. The van der Waals surface area contributed by atoms with E-state index in [1.807, 2.05) is 31.2 Å². The Labute approximate surface area is 166 Å². The third-order valence-electron chi connectivity index (χ3n) is 4.68. The quantitative estimate of drug-likeness (QED) is 0.485. The molecule has 2 aromatic heterocycles. The minimum absolute atomic E-state index is 0.00129. The Morgan fingerprint density at radius 3 is 2.71 bits per heavy atom. The Morgan fingerprint density at radius 1 is 1.18 bits per heavy atom. The van der Waals surface area contributed by atoms with Crippen molar-refractivity contribution in [2.24, 2.45) is 0 Å². The number of para-hydroxylation sites is 1. The van der Waals surface area contributed by atoms with Gasteiger partial charge in [0, 0.05) is 34.1 Å². The monoisotopic (exact) mass is 393 g/mol. The lowest BCUT2D eigenvalue weighted by atomic mass is 10.0. The summed E-state index contributed by atoms with van der Waals surface area (Å²) in [6.07, 6.45) is 2.78. The number of fused-ring (bicyclic) bond motifs is 1. The van der Waals surface area contributed by atoms with Gasteiger partial charge in [-0.05, 0) is 54.8 Å². The zero-order chi connectivity index (χ0) is 19.5. The number of halogens is 1. The number of hydrogen-bond acceptors (Lipinski definition) is 3. The second-order valence-corrected chi connectivity index (χ2v) is 7.97. The van der Waals surface area contributed by atoms with Crippen LogP contribution in [0.15, 0.2) is 54.7 Å². The zero-order valence-corrected chi connectivity index (χ0v) is 16.3. The molecule has 0 radical (unpaired) electrons. The first kappa shape index (κ1) is 18.4. The molecule has 0 aliphatic heterocycles. The van der Waals surface area contributed by atoms with E-state index in [1.165, 1.54) is 12.1 Å². The number of nitrogens with one attached hydrogen (secondary N) is 2. The molecule has 0 unspecified atom stereocenters. The van der Waals surface area contributed by atoms with Crippen LogP contribution in [0.1, 0.15) is 21.9 Å². The van der Waals surface area contributed by atoms with Crippen molar-refractivity contribution in [2.45, 2.75) is 26.3 Å². The van der Waals surface area contributed by atoms with E-state index in [0.29, 0.717) is 19.4 Å². The van der Waals surface area contributed by atoms with Gasteiger partial charge in [0.15, 0.2) is 0 Å². The molecule has 6 heteroatoms. The van der Waals surface area contributed by atoms with Crippen LogP contribution in [0.2, 0.25) is 0 Å². The van der Waals surface area contributed by atoms with Crippen LogP contribution in [0, 0.1) is 12.7 Å². The topological polar surface area (TPSA) is 57.8 Å². The van der Waals surface area contributed by atoms with Crippen molar-refractivity contribution in [3.63, 3.8) is 0 Å². The van der Waals surface area contributed by atoms with Gasteiger partial charge in [-0.25, -0.2) is 9.37 Å². The molecule has 4 rings (SSSR count). The molecular formula is C22H20FN3OS. The normalized spacial score (nSPS) is 11.1. The number of carbonyl (C=O) groups is 1. The van der Waals surface area contributed by atoms with Crippen LogP contribution in [0.4, 0.5) is 4.39 Å². The summed E-state index contributed by atoms with van der Waals surface area (Å²) in [5.74, 6) is -0.263. The van der Waals surface area contributed by atoms with E-state index in [-0.39, 0.29) is 11.7 Å². The smallest absolute Gasteiger partial charge is 0.220 e. The van der Waals surface area contributed by atoms with Crippen molar-refractivity contribution < 1.29 is 9.18 Å². The van der Waals surface area contributed by atoms with E-state index in [0.717, 1.165) is 37.6 Å². The van der Waals surface area contributed by atoms with Crippen LogP contribution >= 0.6 is 11.3 Å². The standard InChI is InChI=1S/C22H20FN3OS/c1-14-24-12-17(28-14)13-25-21(27)11-10-19-18-4-2-3-5-20(18)26-22(19)15-6-8-16(23)9-7-15/h2-9,12,26H,10-11,13H2,1H3,(H,25,27). The van der Waals surface area contributed by atoms with Gasteiger partial charge in [-0.2, -0.15) is 0 Å². The maximum absolute atomic E-state index is 13.3. The molecule has 0 fully saturated rings. The zero-order valence-electron chi connectivity index (χ0n) is 15.5. The van der Waals surface area contributed by atoms with E-state index in [2.05, 4.69) is 15.3 Å². The predicted octanol–water partition coefficient (Wildman–Crippen LogP) is 4.99. The Morgan fingerprint density at radius 2 is 1.96 bits per heavy atom. The number of amides is 1. The molecule has 0 bridgehead atoms. The summed E-state index contributed by atoms with van der Waals surface area (Å²) in [5.41, 5.74) is 3.93. The summed E-state index contributed by atoms with van der Waals surface area (Å²) in [5, 5.41) is 5.04. The number of rotatable bonds is 6. The average molecular weight is 393 g/mol. The molecule has 0 saturated heterocycles. The highest BCUT2D eigenvalue weighted by atomic mass is 32.1. The van der Waals surface area contributed by atoms with Crippen molar-refractivity contribution >= 4 is 28.1 Å². The molecule has 0 spiro atoms. The minimum atomic E-state index is -0.265. The van der Waals surface area contributed by atoms with E-state index in [9.17, 15) is 9.18 Å². The maximum Gasteiger partial charge on any atom is 0.220 e. The van der Waals surface area contributed by atoms with E-state index < -0.39 is 0 Å². The second-order valence-electron chi connectivity index (χ2n) is 6.65. The highest BCUT2D eigenvalue weighted by Gasteiger charge is 2.14. The first-order chi connectivity index (χ1) is 13.6. The lowest BCUT2D eigenvalue weighted by molar-refractivity contribution is -0.121. The van der Waals surface area contributed by atoms with Gasteiger partial charge in [-0.3, -0.25) is 4.79 Å². The third-order valence-corrected chi connectivity index (χ3v) is 5.59. The van der Waals surface area contributed by atoms with Gasteiger partial charge in [0.1, 0.15) is 5.82 Å². The fourth-order valence-electron chi connectivity index (χ4n) is 3.32. The summed E-state index contributed by atoms with van der Waals surface area (Å²) >= 11 is 1.59. The fraction of sp³-hybridized carbons (Fsp3) is 0.182. The highest BCUT2D eigenvalue weighted by molar-refractivity contribution is 7.11. The first-order valence-electron chi connectivity index (χ1n) is 9.13. The number of thiazole rings is 1. The van der Waals surface area contributed by atoms with Crippen LogP contribution in [-0.4, -0.2) is 15.9 Å². The second kappa shape index (κ2) is 7.94. The number of nitrogens with zero attached hydrogens (tertiary/aromatic N) is 1.